The molecule has 1 aromatic carbocycles. The molecule has 0 radical (unpaired) electrons. The summed E-state index contributed by atoms with van der Waals surface area (Å²) >= 11 is 3.31. The predicted octanol–water partition coefficient (Wildman–Crippen LogP) is 1.45. The van der Waals surface area contributed by atoms with Gasteiger partial charge in [0.1, 0.15) is 6.07 Å². The van der Waals surface area contributed by atoms with Crippen LogP contribution in [0.5, 0.6) is 0 Å². The van der Waals surface area contributed by atoms with Crippen molar-refractivity contribution in [1.82, 2.24) is 20.6 Å². The summed E-state index contributed by atoms with van der Waals surface area (Å²) in [5.41, 5.74) is 1.31. The van der Waals surface area contributed by atoms with Gasteiger partial charge in [0.15, 0.2) is 5.82 Å². The Kier molecular flexibility index (Phi) is 3.12. The summed E-state index contributed by atoms with van der Waals surface area (Å²) in [6, 6.07) is 7.54. The molecular formula is C9H7BrN6. The van der Waals surface area contributed by atoms with Crippen LogP contribution in [-0.2, 0) is 6.54 Å². The highest BCUT2D eigenvalue weighted by molar-refractivity contribution is 9.10. The van der Waals surface area contributed by atoms with Crippen LogP contribution in [0.25, 0.3) is 0 Å². The van der Waals surface area contributed by atoms with Gasteiger partial charge in [0.05, 0.1) is 17.8 Å². The van der Waals surface area contributed by atoms with Crippen LogP contribution in [0, 0.1) is 11.3 Å². The van der Waals surface area contributed by atoms with Gasteiger partial charge in [-0.1, -0.05) is 21.1 Å². The maximum atomic E-state index is 8.94. The summed E-state index contributed by atoms with van der Waals surface area (Å²) in [5, 5.41) is 25.4. The quantitative estimate of drug-likeness (QED) is 0.887. The number of rotatable bonds is 3. The van der Waals surface area contributed by atoms with E-state index in [-0.39, 0.29) is 0 Å². The van der Waals surface area contributed by atoms with Crippen LogP contribution in [0.4, 0.5) is 5.69 Å². The fourth-order valence-corrected chi connectivity index (χ4v) is 1.56. The molecule has 16 heavy (non-hydrogen) atoms. The van der Waals surface area contributed by atoms with Gasteiger partial charge < -0.3 is 5.32 Å². The van der Waals surface area contributed by atoms with E-state index in [1.54, 1.807) is 6.07 Å². The number of nitrogens with one attached hydrogen (secondary N) is 2. The summed E-state index contributed by atoms with van der Waals surface area (Å²) in [4.78, 5) is 0. The molecule has 7 heteroatoms. The van der Waals surface area contributed by atoms with E-state index < -0.39 is 0 Å². The minimum atomic E-state index is 0.423. The highest BCUT2D eigenvalue weighted by Crippen LogP contribution is 2.20. The maximum absolute atomic E-state index is 8.94. The molecule has 80 valence electrons. The van der Waals surface area contributed by atoms with Crippen LogP contribution >= 0.6 is 15.9 Å². The summed E-state index contributed by atoms with van der Waals surface area (Å²) < 4.78 is 0.870. The first-order valence-electron chi connectivity index (χ1n) is 4.45. The Hall–Kier alpha value is -1.94. The SMILES string of the molecule is N#Cc1cc(Br)ccc1NCc1nn[nH]n1. The van der Waals surface area contributed by atoms with Gasteiger partial charge in [-0.25, -0.2) is 0 Å². The highest BCUT2D eigenvalue weighted by atomic mass is 79.9. The first kappa shape index (κ1) is 10.6. The Balaban J connectivity index is 2.13. The standard InChI is InChI=1S/C9H7BrN6/c10-7-1-2-8(6(3-7)4-11)12-5-9-13-15-16-14-9/h1-3,12H,5H2,(H,13,14,15,16). The number of H-pyrrole nitrogens is 1. The third-order valence-corrected chi connectivity index (χ3v) is 2.42. The number of hydrogen-bond donors (Lipinski definition) is 2. The number of anilines is 1. The van der Waals surface area contributed by atoms with Crippen molar-refractivity contribution in [2.24, 2.45) is 0 Å². The Labute approximate surface area is 99.8 Å². The lowest BCUT2D eigenvalue weighted by Crippen LogP contribution is -2.03. The molecule has 0 amide bonds. The first-order valence-corrected chi connectivity index (χ1v) is 5.25. The average Bonchev–Trinajstić information content (AvgIpc) is 2.80. The summed E-state index contributed by atoms with van der Waals surface area (Å²) in [6.45, 7) is 0.423. The second kappa shape index (κ2) is 4.72. The fourth-order valence-electron chi connectivity index (χ4n) is 1.19. The number of nitrogens with zero attached hydrogens (tertiary/aromatic N) is 4. The molecular weight excluding hydrogens is 272 g/mol. The lowest BCUT2D eigenvalue weighted by atomic mass is 10.2. The van der Waals surface area contributed by atoms with Crippen LogP contribution in [0.2, 0.25) is 0 Å². The smallest absolute Gasteiger partial charge is 0.193 e. The highest BCUT2D eigenvalue weighted by Gasteiger charge is 2.03. The van der Waals surface area contributed by atoms with Crippen molar-refractivity contribution in [3.8, 4) is 6.07 Å². The second-order valence-electron chi connectivity index (χ2n) is 2.98. The van der Waals surface area contributed by atoms with Crippen molar-refractivity contribution in [3.05, 3.63) is 34.1 Å². The van der Waals surface area contributed by atoms with Gasteiger partial charge in [-0.3, -0.25) is 0 Å². The maximum Gasteiger partial charge on any atom is 0.193 e. The molecule has 0 unspecified atom stereocenters. The normalized spacial score (nSPS) is 9.75. The van der Waals surface area contributed by atoms with Gasteiger partial charge in [0, 0.05) is 4.47 Å². The van der Waals surface area contributed by atoms with Crippen molar-refractivity contribution >= 4 is 21.6 Å². The van der Waals surface area contributed by atoms with E-state index in [9.17, 15) is 0 Å². The zero-order valence-electron chi connectivity index (χ0n) is 8.11. The molecule has 0 aliphatic carbocycles. The molecule has 2 aromatic rings. The Morgan fingerprint density at radius 3 is 3.06 bits per heavy atom. The molecule has 0 aliphatic heterocycles. The van der Waals surface area contributed by atoms with E-state index in [4.69, 9.17) is 5.26 Å². The van der Waals surface area contributed by atoms with E-state index >= 15 is 0 Å². The van der Waals surface area contributed by atoms with Crippen molar-refractivity contribution in [3.63, 3.8) is 0 Å². The number of hydrogen-bond acceptors (Lipinski definition) is 5. The van der Waals surface area contributed by atoms with E-state index in [1.807, 2.05) is 12.1 Å². The molecule has 2 N–H and O–H groups in total. The number of aromatic nitrogens is 4. The van der Waals surface area contributed by atoms with E-state index in [0.717, 1.165) is 10.2 Å². The van der Waals surface area contributed by atoms with Crippen molar-refractivity contribution in [2.75, 3.05) is 5.32 Å². The van der Waals surface area contributed by atoms with Gasteiger partial charge in [-0.2, -0.15) is 10.5 Å². The number of benzene rings is 1. The van der Waals surface area contributed by atoms with Crippen LogP contribution < -0.4 is 5.32 Å². The average molecular weight is 279 g/mol. The third kappa shape index (κ3) is 2.35. The topological polar surface area (TPSA) is 90.3 Å². The molecule has 1 heterocycles. The van der Waals surface area contributed by atoms with Crippen molar-refractivity contribution in [1.29, 1.82) is 5.26 Å². The van der Waals surface area contributed by atoms with Gasteiger partial charge in [0.25, 0.3) is 0 Å². The first-order chi connectivity index (χ1) is 7.79. The van der Waals surface area contributed by atoms with Gasteiger partial charge in [-0.05, 0) is 18.2 Å². The third-order valence-electron chi connectivity index (χ3n) is 1.93. The van der Waals surface area contributed by atoms with Crippen LogP contribution in [0.15, 0.2) is 22.7 Å². The molecule has 0 aliphatic rings. The zero-order chi connectivity index (χ0) is 11.4. The van der Waals surface area contributed by atoms with Gasteiger partial charge in [0.2, 0.25) is 0 Å². The van der Waals surface area contributed by atoms with Crippen molar-refractivity contribution in [2.45, 2.75) is 6.54 Å². The van der Waals surface area contributed by atoms with E-state index in [2.05, 4.69) is 47.9 Å². The van der Waals surface area contributed by atoms with Gasteiger partial charge in [-0.15, -0.1) is 10.2 Å². The number of aromatic amines is 1. The number of nitriles is 1. The molecule has 6 nitrogen and oxygen atoms in total. The van der Waals surface area contributed by atoms with Crippen molar-refractivity contribution < 1.29 is 0 Å². The largest absolute Gasteiger partial charge is 0.377 e. The lowest BCUT2D eigenvalue weighted by molar-refractivity contribution is 0.881. The molecule has 0 saturated heterocycles. The molecule has 0 spiro atoms. The molecule has 0 fully saturated rings. The minimum absolute atomic E-state index is 0.423. The molecule has 0 atom stereocenters. The second-order valence-corrected chi connectivity index (χ2v) is 3.90. The van der Waals surface area contributed by atoms with Crippen LogP contribution in [0.3, 0.4) is 0 Å². The Morgan fingerprint density at radius 2 is 2.38 bits per heavy atom. The number of tetrazole rings is 1. The monoisotopic (exact) mass is 278 g/mol. The fraction of sp³-hybridized carbons (Fsp3) is 0.111. The Bertz CT molecular complexity index is 515. The van der Waals surface area contributed by atoms with Gasteiger partial charge >= 0.3 is 0 Å². The molecule has 0 bridgehead atoms. The summed E-state index contributed by atoms with van der Waals surface area (Å²) in [5.74, 6) is 0.548. The Morgan fingerprint density at radius 1 is 1.50 bits per heavy atom. The predicted molar refractivity (Wildman–Crippen MR) is 60.4 cm³/mol. The molecule has 1 aromatic heterocycles. The lowest BCUT2D eigenvalue weighted by Gasteiger charge is -2.05. The number of halogens is 1. The summed E-state index contributed by atoms with van der Waals surface area (Å²) in [7, 11) is 0. The molecule has 0 saturated carbocycles. The molecule has 2 rings (SSSR count). The summed E-state index contributed by atoms with van der Waals surface area (Å²) in [6.07, 6.45) is 0. The van der Waals surface area contributed by atoms with Crippen LogP contribution in [-0.4, -0.2) is 20.6 Å². The van der Waals surface area contributed by atoms with E-state index in [0.29, 0.717) is 17.9 Å². The van der Waals surface area contributed by atoms with Crippen LogP contribution in [0.1, 0.15) is 11.4 Å². The van der Waals surface area contributed by atoms with E-state index in [1.165, 1.54) is 0 Å². The zero-order valence-corrected chi connectivity index (χ0v) is 9.69. The minimum Gasteiger partial charge on any atom is -0.377 e.